The number of rotatable bonds is 4. The lowest BCUT2D eigenvalue weighted by Crippen LogP contribution is -2.36. The number of nitrogens with one attached hydrogen (secondary N) is 1. The fourth-order valence-electron chi connectivity index (χ4n) is 2.11. The summed E-state index contributed by atoms with van der Waals surface area (Å²) in [7, 11) is 0. The number of hydrogen-bond acceptors (Lipinski definition) is 3. The third kappa shape index (κ3) is 3.56. The summed E-state index contributed by atoms with van der Waals surface area (Å²) in [5.74, 6) is 0.694. The van der Waals surface area contributed by atoms with E-state index < -0.39 is 6.10 Å². The SMILES string of the molecule is CCC(=O)c1ccc(OC2CCCCNC2=O)cc1. The van der Waals surface area contributed by atoms with Crippen molar-refractivity contribution < 1.29 is 14.3 Å². The first-order chi connectivity index (χ1) is 9.20. The number of amides is 1. The van der Waals surface area contributed by atoms with Crippen LogP contribution in [-0.4, -0.2) is 24.3 Å². The second kappa shape index (κ2) is 6.36. The molecule has 2 rings (SSSR count). The van der Waals surface area contributed by atoms with Crippen molar-refractivity contribution in [1.82, 2.24) is 5.32 Å². The van der Waals surface area contributed by atoms with Gasteiger partial charge < -0.3 is 10.1 Å². The van der Waals surface area contributed by atoms with Gasteiger partial charge in [0, 0.05) is 18.5 Å². The largest absolute Gasteiger partial charge is 0.481 e. The Labute approximate surface area is 113 Å². The van der Waals surface area contributed by atoms with Gasteiger partial charge in [-0.3, -0.25) is 9.59 Å². The molecule has 0 aliphatic carbocycles. The lowest BCUT2D eigenvalue weighted by atomic mass is 10.1. The van der Waals surface area contributed by atoms with E-state index in [1.807, 2.05) is 6.92 Å². The molecule has 19 heavy (non-hydrogen) atoms. The summed E-state index contributed by atoms with van der Waals surface area (Å²) in [6.07, 6.45) is 2.79. The van der Waals surface area contributed by atoms with Crippen molar-refractivity contribution in [2.24, 2.45) is 0 Å². The van der Waals surface area contributed by atoms with Gasteiger partial charge in [-0.25, -0.2) is 0 Å². The number of carbonyl (C=O) groups is 2. The zero-order valence-electron chi connectivity index (χ0n) is 11.1. The second-order valence-electron chi connectivity index (χ2n) is 4.69. The summed E-state index contributed by atoms with van der Waals surface area (Å²) >= 11 is 0. The zero-order valence-corrected chi connectivity index (χ0v) is 11.1. The summed E-state index contributed by atoms with van der Waals surface area (Å²) in [6.45, 7) is 2.56. The molecule has 1 N–H and O–H groups in total. The van der Waals surface area contributed by atoms with E-state index in [4.69, 9.17) is 4.74 Å². The van der Waals surface area contributed by atoms with E-state index >= 15 is 0 Å². The van der Waals surface area contributed by atoms with Gasteiger partial charge in [0.25, 0.3) is 5.91 Å². The van der Waals surface area contributed by atoms with Gasteiger partial charge in [-0.15, -0.1) is 0 Å². The molecule has 1 aliphatic heterocycles. The Hall–Kier alpha value is -1.84. The number of Topliss-reactive ketones (excluding diaryl/α,β-unsaturated/α-hetero) is 1. The Balaban J connectivity index is 2.02. The first-order valence-electron chi connectivity index (χ1n) is 6.78. The predicted molar refractivity (Wildman–Crippen MR) is 72.3 cm³/mol. The molecular formula is C15H19NO3. The van der Waals surface area contributed by atoms with E-state index in [1.54, 1.807) is 24.3 Å². The third-order valence-corrected chi connectivity index (χ3v) is 3.26. The highest BCUT2D eigenvalue weighted by Gasteiger charge is 2.22. The minimum atomic E-state index is -0.421. The summed E-state index contributed by atoms with van der Waals surface area (Å²) in [5, 5.41) is 2.84. The summed E-state index contributed by atoms with van der Waals surface area (Å²) in [6, 6.07) is 6.99. The lowest BCUT2D eigenvalue weighted by Gasteiger charge is -2.15. The van der Waals surface area contributed by atoms with Crippen LogP contribution in [0.2, 0.25) is 0 Å². The standard InChI is InChI=1S/C15H19NO3/c1-2-13(17)11-6-8-12(9-7-11)19-14-5-3-4-10-16-15(14)18/h6-9,14H,2-5,10H2,1H3,(H,16,18). The number of ketones is 1. The average molecular weight is 261 g/mol. The van der Waals surface area contributed by atoms with Gasteiger partial charge in [0.15, 0.2) is 11.9 Å². The summed E-state index contributed by atoms with van der Waals surface area (Å²) in [5.41, 5.74) is 0.681. The highest BCUT2D eigenvalue weighted by molar-refractivity contribution is 5.95. The van der Waals surface area contributed by atoms with E-state index in [9.17, 15) is 9.59 Å². The van der Waals surface area contributed by atoms with Gasteiger partial charge in [-0.1, -0.05) is 6.92 Å². The summed E-state index contributed by atoms with van der Waals surface area (Å²) < 4.78 is 5.69. The van der Waals surface area contributed by atoms with E-state index in [2.05, 4.69) is 5.32 Å². The fraction of sp³-hybridized carbons (Fsp3) is 0.467. The monoisotopic (exact) mass is 261 g/mol. The van der Waals surface area contributed by atoms with Crippen molar-refractivity contribution in [3.63, 3.8) is 0 Å². The van der Waals surface area contributed by atoms with Crippen molar-refractivity contribution in [3.05, 3.63) is 29.8 Å². The van der Waals surface area contributed by atoms with Crippen molar-refractivity contribution in [2.75, 3.05) is 6.54 Å². The minimum absolute atomic E-state index is 0.0498. The molecule has 1 heterocycles. The van der Waals surface area contributed by atoms with Gasteiger partial charge in [-0.2, -0.15) is 0 Å². The molecular weight excluding hydrogens is 242 g/mol. The van der Waals surface area contributed by atoms with Crippen molar-refractivity contribution in [3.8, 4) is 5.75 Å². The highest BCUT2D eigenvalue weighted by atomic mass is 16.5. The van der Waals surface area contributed by atoms with Crippen LogP contribution in [0.3, 0.4) is 0 Å². The topological polar surface area (TPSA) is 55.4 Å². The molecule has 0 radical (unpaired) electrons. The van der Waals surface area contributed by atoms with Gasteiger partial charge in [0.1, 0.15) is 5.75 Å². The van der Waals surface area contributed by atoms with Crippen LogP contribution in [-0.2, 0) is 4.79 Å². The van der Waals surface area contributed by atoms with Gasteiger partial charge >= 0.3 is 0 Å². The van der Waals surface area contributed by atoms with Crippen LogP contribution in [0, 0.1) is 0 Å². The predicted octanol–water partition coefficient (Wildman–Crippen LogP) is 2.33. The first-order valence-corrected chi connectivity index (χ1v) is 6.78. The molecule has 1 atom stereocenters. The van der Waals surface area contributed by atoms with Gasteiger partial charge in [0.2, 0.25) is 0 Å². The molecule has 1 unspecified atom stereocenters. The maximum absolute atomic E-state index is 11.7. The van der Waals surface area contributed by atoms with Crippen LogP contribution in [0.5, 0.6) is 5.75 Å². The molecule has 1 aromatic rings. The van der Waals surface area contributed by atoms with Crippen LogP contribution >= 0.6 is 0 Å². The maximum Gasteiger partial charge on any atom is 0.261 e. The Kier molecular flexibility index (Phi) is 4.55. The number of benzene rings is 1. The van der Waals surface area contributed by atoms with E-state index in [-0.39, 0.29) is 11.7 Å². The molecule has 0 saturated carbocycles. The Morgan fingerprint density at radius 3 is 2.74 bits per heavy atom. The van der Waals surface area contributed by atoms with Gasteiger partial charge in [0.05, 0.1) is 0 Å². The molecule has 1 saturated heterocycles. The Bertz CT molecular complexity index is 453. The van der Waals surface area contributed by atoms with Crippen LogP contribution in [0.15, 0.2) is 24.3 Å². The minimum Gasteiger partial charge on any atom is -0.481 e. The molecule has 1 amide bonds. The smallest absolute Gasteiger partial charge is 0.261 e. The summed E-state index contributed by atoms with van der Waals surface area (Å²) in [4.78, 5) is 23.3. The lowest BCUT2D eigenvalue weighted by molar-refractivity contribution is -0.127. The third-order valence-electron chi connectivity index (χ3n) is 3.26. The van der Waals surface area contributed by atoms with Crippen molar-refractivity contribution in [1.29, 1.82) is 0 Å². The number of hydrogen-bond donors (Lipinski definition) is 1. The zero-order chi connectivity index (χ0) is 13.7. The van der Waals surface area contributed by atoms with Crippen LogP contribution in [0.1, 0.15) is 43.0 Å². The van der Waals surface area contributed by atoms with Crippen molar-refractivity contribution >= 4 is 11.7 Å². The van der Waals surface area contributed by atoms with E-state index in [0.29, 0.717) is 17.7 Å². The normalized spacial score (nSPS) is 19.4. The molecule has 0 bridgehead atoms. The fourth-order valence-corrected chi connectivity index (χ4v) is 2.11. The van der Waals surface area contributed by atoms with Crippen LogP contribution in [0.4, 0.5) is 0 Å². The molecule has 0 aromatic heterocycles. The number of carbonyl (C=O) groups excluding carboxylic acids is 2. The second-order valence-corrected chi connectivity index (χ2v) is 4.69. The maximum atomic E-state index is 11.7. The molecule has 102 valence electrons. The molecule has 4 heteroatoms. The van der Waals surface area contributed by atoms with Crippen LogP contribution < -0.4 is 10.1 Å². The molecule has 1 fully saturated rings. The first kappa shape index (κ1) is 13.6. The molecule has 1 aromatic carbocycles. The molecule has 0 spiro atoms. The highest BCUT2D eigenvalue weighted by Crippen LogP contribution is 2.18. The average Bonchev–Trinajstić information content (AvgIpc) is 2.64. The number of ether oxygens (including phenoxy) is 1. The molecule has 4 nitrogen and oxygen atoms in total. The quantitative estimate of drug-likeness (QED) is 0.846. The van der Waals surface area contributed by atoms with E-state index in [1.165, 1.54) is 0 Å². The van der Waals surface area contributed by atoms with Gasteiger partial charge in [-0.05, 0) is 43.5 Å². The Morgan fingerprint density at radius 2 is 2.05 bits per heavy atom. The van der Waals surface area contributed by atoms with E-state index in [0.717, 1.165) is 25.8 Å². The molecule has 1 aliphatic rings. The van der Waals surface area contributed by atoms with Crippen molar-refractivity contribution in [2.45, 2.75) is 38.7 Å². The van der Waals surface area contributed by atoms with Crippen LogP contribution in [0.25, 0.3) is 0 Å². The Morgan fingerprint density at radius 1 is 1.32 bits per heavy atom.